The highest BCUT2D eigenvalue weighted by Crippen LogP contribution is 2.31. The lowest BCUT2D eigenvalue weighted by atomic mass is 9.97. The van der Waals surface area contributed by atoms with Crippen LogP contribution in [0.5, 0.6) is 0 Å². The fourth-order valence-electron chi connectivity index (χ4n) is 3.78. The number of aliphatic imine (C=N–C) groups is 1. The average molecular weight is 398 g/mol. The van der Waals surface area contributed by atoms with Crippen molar-refractivity contribution in [3.8, 4) is 11.1 Å². The molecule has 2 aliphatic rings. The topological polar surface area (TPSA) is 59.2 Å². The van der Waals surface area contributed by atoms with E-state index in [2.05, 4.69) is 20.1 Å². The number of hydrogen-bond donors (Lipinski definition) is 0. The van der Waals surface area contributed by atoms with Crippen LogP contribution in [0.2, 0.25) is 0 Å². The van der Waals surface area contributed by atoms with Gasteiger partial charge in [-0.3, -0.25) is 9.67 Å². The number of hydrogen-bond acceptors (Lipinski definition) is 5. The number of fused-ring (bicyclic) bond motifs is 1. The predicted octanol–water partition coefficient (Wildman–Crippen LogP) is 2.86. The zero-order chi connectivity index (χ0) is 20.1. The smallest absolute Gasteiger partial charge is 0.150 e. The zero-order valence-electron chi connectivity index (χ0n) is 15.6. The highest BCUT2D eigenvalue weighted by atomic mass is 19.2. The molecule has 1 saturated heterocycles. The summed E-state index contributed by atoms with van der Waals surface area (Å²) in [6, 6.07) is 4.91. The first-order chi connectivity index (χ1) is 14.0. The molecule has 2 aliphatic heterocycles. The summed E-state index contributed by atoms with van der Waals surface area (Å²) in [5, 5.41) is 4.11. The first-order valence-electron chi connectivity index (χ1n) is 9.21. The van der Waals surface area contributed by atoms with E-state index in [0.717, 1.165) is 11.1 Å². The molecule has 0 amide bonds. The van der Waals surface area contributed by atoms with Gasteiger partial charge in [0.1, 0.15) is 18.0 Å². The molecule has 6 nitrogen and oxygen atoms in total. The number of aryl methyl sites for hydroxylation is 1. The Balaban J connectivity index is 1.51. The first kappa shape index (κ1) is 17.8. The zero-order valence-corrected chi connectivity index (χ0v) is 15.6. The standard InChI is InChI=1S/C20H17F3N6/c1-28-7-12(6-27-28)13-3-14-11(2-15(13)21)5-24-20(14)18-4-19(26-10-25-18)29-8-16(22)17(23)9-29/h2-4,6-7,10,16-17H,5,8-9H2,1H3/t16-,17-/m1/s1. The molecule has 0 bridgehead atoms. The van der Waals surface area contributed by atoms with Crippen molar-refractivity contribution >= 4 is 11.5 Å². The van der Waals surface area contributed by atoms with Crippen LogP contribution in [-0.4, -0.2) is 50.9 Å². The van der Waals surface area contributed by atoms with Gasteiger partial charge in [0.2, 0.25) is 0 Å². The number of alkyl halides is 2. The fourth-order valence-corrected chi connectivity index (χ4v) is 3.78. The van der Waals surface area contributed by atoms with E-state index in [1.54, 1.807) is 41.2 Å². The van der Waals surface area contributed by atoms with Crippen LogP contribution >= 0.6 is 0 Å². The molecule has 0 saturated carbocycles. The van der Waals surface area contributed by atoms with Crippen LogP contribution in [0.1, 0.15) is 16.8 Å². The summed E-state index contributed by atoms with van der Waals surface area (Å²) in [5.41, 5.74) is 3.79. The van der Waals surface area contributed by atoms with Gasteiger partial charge in [0.15, 0.2) is 12.3 Å². The Morgan fingerprint density at radius 3 is 2.55 bits per heavy atom. The second-order valence-corrected chi connectivity index (χ2v) is 7.26. The molecular formula is C20H17F3N6. The summed E-state index contributed by atoms with van der Waals surface area (Å²) in [4.78, 5) is 14.5. The van der Waals surface area contributed by atoms with Gasteiger partial charge in [-0.1, -0.05) is 0 Å². The van der Waals surface area contributed by atoms with Gasteiger partial charge in [-0.2, -0.15) is 5.10 Å². The van der Waals surface area contributed by atoms with Crippen molar-refractivity contribution in [2.45, 2.75) is 18.9 Å². The van der Waals surface area contributed by atoms with Crippen LogP contribution in [0.3, 0.4) is 0 Å². The van der Waals surface area contributed by atoms with E-state index >= 15 is 0 Å². The third-order valence-corrected chi connectivity index (χ3v) is 5.27. The lowest BCUT2D eigenvalue weighted by Gasteiger charge is -2.16. The summed E-state index contributed by atoms with van der Waals surface area (Å²) in [6.07, 6.45) is 1.65. The molecule has 0 aliphatic carbocycles. The highest BCUT2D eigenvalue weighted by molar-refractivity contribution is 6.14. The van der Waals surface area contributed by atoms with Crippen molar-refractivity contribution in [3.05, 3.63) is 59.6 Å². The normalized spacial score (nSPS) is 20.8. The SMILES string of the molecule is Cn1cc(-c2cc3c(cc2F)CN=C3c2cc(N3C[C@@H](F)[C@H](F)C3)ncn2)cn1. The molecular weight excluding hydrogens is 381 g/mol. The molecule has 29 heavy (non-hydrogen) atoms. The van der Waals surface area contributed by atoms with Crippen molar-refractivity contribution in [1.29, 1.82) is 0 Å². The van der Waals surface area contributed by atoms with Crippen molar-refractivity contribution in [3.63, 3.8) is 0 Å². The van der Waals surface area contributed by atoms with Crippen LogP contribution in [0.4, 0.5) is 19.0 Å². The minimum absolute atomic E-state index is 0.0446. The van der Waals surface area contributed by atoms with E-state index in [4.69, 9.17) is 0 Å². The van der Waals surface area contributed by atoms with Gasteiger partial charge in [-0.25, -0.2) is 23.1 Å². The number of aromatic nitrogens is 4. The first-order valence-corrected chi connectivity index (χ1v) is 9.21. The molecule has 2 atom stereocenters. The number of halogens is 3. The van der Waals surface area contributed by atoms with Crippen molar-refractivity contribution < 1.29 is 13.2 Å². The van der Waals surface area contributed by atoms with Gasteiger partial charge in [-0.15, -0.1) is 0 Å². The number of rotatable bonds is 3. The lowest BCUT2D eigenvalue weighted by molar-refractivity contribution is 0.217. The molecule has 4 heterocycles. The summed E-state index contributed by atoms with van der Waals surface area (Å²) >= 11 is 0. The molecule has 1 aromatic carbocycles. The second kappa shape index (κ2) is 6.68. The summed E-state index contributed by atoms with van der Waals surface area (Å²) < 4.78 is 43.4. The van der Waals surface area contributed by atoms with Gasteiger partial charge < -0.3 is 4.90 Å². The number of benzene rings is 1. The van der Waals surface area contributed by atoms with Gasteiger partial charge >= 0.3 is 0 Å². The lowest BCUT2D eigenvalue weighted by Crippen LogP contribution is -2.22. The van der Waals surface area contributed by atoms with Crippen molar-refractivity contribution in [2.24, 2.45) is 12.0 Å². The van der Waals surface area contributed by atoms with E-state index in [9.17, 15) is 13.2 Å². The minimum atomic E-state index is -1.53. The van der Waals surface area contributed by atoms with Crippen molar-refractivity contribution in [2.75, 3.05) is 18.0 Å². The van der Waals surface area contributed by atoms with Gasteiger partial charge in [0, 0.05) is 36.0 Å². The molecule has 148 valence electrons. The Hall–Kier alpha value is -3.23. The van der Waals surface area contributed by atoms with Crippen LogP contribution < -0.4 is 4.90 Å². The van der Waals surface area contributed by atoms with Gasteiger partial charge in [0.05, 0.1) is 37.2 Å². The quantitative estimate of drug-likeness (QED) is 0.681. The van der Waals surface area contributed by atoms with Crippen LogP contribution in [0, 0.1) is 5.82 Å². The van der Waals surface area contributed by atoms with Gasteiger partial charge in [0.25, 0.3) is 0 Å². The molecule has 0 N–H and O–H groups in total. The molecule has 0 radical (unpaired) electrons. The molecule has 0 unspecified atom stereocenters. The van der Waals surface area contributed by atoms with Gasteiger partial charge in [-0.05, 0) is 17.7 Å². The fraction of sp³-hybridized carbons (Fsp3) is 0.300. The molecule has 0 spiro atoms. The molecule has 2 aromatic heterocycles. The van der Waals surface area contributed by atoms with E-state index in [1.165, 1.54) is 12.4 Å². The maximum atomic E-state index is 14.6. The van der Waals surface area contributed by atoms with Crippen LogP contribution in [0.25, 0.3) is 11.1 Å². The van der Waals surface area contributed by atoms with E-state index in [1.807, 2.05) is 0 Å². The molecule has 1 fully saturated rings. The summed E-state index contributed by atoms with van der Waals surface area (Å²) in [5.74, 6) is 0.111. The van der Waals surface area contributed by atoms with E-state index in [-0.39, 0.29) is 18.9 Å². The third kappa shape index (κ3) is 3.06. The third-order valence-electron chi connectivity index (χ3n) is 5.27. The van der Waals surface area contributed by atoms with E-state index < -0.39 is 12.3 Å². The summed E-state index contributed by atoms with van der Waals surface area (Å²) in [6.45, 7) is 0.255. The Labute approximate surface area is 164 Å². The van der Waals surface area contributed by atoms with Crippen LogP contribution in [-0.2, 0) is 13.6 Å². The number of nitrogens with zero attached hydrogens (tertiary/aromatic N) is 6. The maximum Gasteiger partial charge on any atom is 0.150 e. The van der Waals surface area contributed by atoms with Crippen molar-refractivity contribution in [1.82, 2.24) is 19.7 Å². The largest absolute Gasteiger partial charge is 0.350 e. The van der Waals surface area contributed by atoms with Crippen LogP contribution in [0.15, 0.2) is 41.9 Å². The molecule has 3 aromatic rings. The predicted molar refractivity (Wildman–Crippen MR) is 102 cm³/mol. The maximum absolute atomic E-state index is 14.6. The molecule has 5 rings (SSSR count). The minimum Gasteiger partial charge on any atom is -0.350 e. The summed E-state index contributed by atoms with van der Waals surface area (Å²) in [7, 11) is 1.77. The highest BCUT2D eigenvalue weighted by Gasteiger charge is 2.34. The Morgan fingerprint density at radius 2 is 1.83 bits per heavy atom. The van der Waals surface area contributed by atoms with E-state index in [0.29, 0.717) is 34.9 Å². The molecule has 9 heteroatoms. The average Bonchev–Trinajstić information content (AvgIpc) is 3.40. The Bertz CT molecular complexity index is 1120. The number of anilines is 1. The Morgan fingerprint density at radius 1 is 1.03 bits per heavy atom. The Kier molecular flexibility index (Phi) is 4.11. The monoisotopic (exact) mass is 398 g/mol. The second-order valence-electron chi connectivity index (χ2n) is 7.26.